The SMILES string of the molecule is COc1ccc([C@@H]2[C@@H](CCc3ccccc3)CC(=O)N2c2ccc(OC)cc2)cc1. The standard InChI is InChI=1S/C26H27NO3/c1-29-23-14-10-20(11-15-23)26-21(9-8-19-6-4-3-5-7-19)18-25(28)27(26)22-12-16-24(30-2)17-13-22/h3-7,10-17,21,26H,8-9,18H2,1-2H3/t21-,26+/m0/s1. The number of benzene rings is 3. The van der Waals surface area contributed by atoms with Gasteiger partial charge in [0.1, 0.15) is 11.5 Å². The van der Waals surface area contributed by atoms with Gasteiger partial charge < -0.3 is 14.4 Å². The van der Waals surface area contributed by atoms with Gasteiger partial charge in [-0.25, -0.2) is 0 Å². The Kier molecular flexibility index (Phi) is 6.03. The van der Waals surface area contributed by atoms with Crippen molar-refractivity contribution in [3.8, 4) is 11.5 Å². The van der Waals surface area contributed by atoms with E-state index in [4.69, 9.17) is 9.47 Å². The van der Waals surface area contributed by atoms with Crippen LogP contribution in [0.3, 0.4) is 0 Å². The van der Waals surface area contributed by atoms with E-state index in [2.05, 4.69) is 36.4 Å². The molecule has 154 valence electrons. The Labute approximate surface area is 178 Å². The Morgan fingerprint density at radius 1 is 0.833 bits per heavy atom. The summed E-state index contributed by atoms with van der Waals surface area (Å²) >= 11 is 0. The summed E-state index contributed by atoms with van der Waals surface area (Å²) in [6.45, 7) is 0. The lowest BCUT2D eigenvalue weighted by molar-refractivity contribution is -0.117. The lowest BCUT2D eigenvalue weighted by Gasteiger charge is -2.29. The van der Waals surface area contributed by atoms with Gasteiger partial charge in [-0.3, -0.25) is 4.79 Å². The summed E-state index contributed by atoms with van der Waals surface area (Å²) in [6, 6.07) is 26.3. The van der Waals surface area contributed by atoms with Crippen molar-refractivity contribution in [1.82, 2.24) is 0 Å². The molecule has 4 nitrogen and oxygen atoms in total. The van der Waals surface area contributed by atoms with Gasteiger partial charge in [-0.2, -0.15) is 0 Å². The van der Waals surface area contributed by atoms with Crippen LogP contribution in [-0.2, 0) is 11.2 Å². The Morgan fingerprint density at radius 3 is 2.03 bits per heavy atom. The van der Waals surface area contributed by atoms with E-state index in [0.29, 0.717) is 6.42 Å². The number of aryl methyl sites for hydroxylation is 1. The van der Waals surface area contributed by atoms with Crippen LogP contribution in [0.5, 0.6) is 11.5 Å². The second-order valence-corrected chi connectivity index (χ2v) is 7.67. The number of amides is 1. The van der Waals surface area contributed by atoms with Crippen LogP contribution in [-0.4, -0.2) is 20.1 Å². The molecule has 1 heterocycles. The van der Waals surface area contributed by atoms with Gasteiger partial charge in [0.15, 0.2) is 0 Å². The molecule has 30 heavy (non-hydrogen) atoms. The summed E-state index contributed by atoms with van der Waals surface area (Å²) in [4.78, 5) is 15.1. The molecule has 0 aliphatic carbocycles. The number of nitrogens with zero attached hydrogens (tertiary/aromatic N) is 1. The van der Waals surface area contributed by atoms with E-state index in [-0.39, 0.29) is 17.9 Å². The van der Waals surface area contributed by atoms with Crippen LogP contribution in [0.25, 0.3) is 0 Å². The number of hydrogen-bond donors (Lipinski definition) is 0. The van der Waals surface area contributed by atoms with Crippen LogP contribution in [0.15, 0.2) is 78.9 Å². The quantitative estimate of drug-likeness (QED) is 0.530. The van der Waals surface area contributed by atoms with Crippen molar-refractivity contribution in [1.29, 1.82) is 0 Å². The Bertz CT molecular complexity index is 967. The first-order valence-electron chi connectivity index (χ1n) is 10.3. The molecular weight excluding hydrogens is 374 g/mol. The molecule has 4 rings (SSSR count). The van der Waals surface area contributed by atoms with Gasteiger partial charge in [-0.05, 0) is 66.3 Å². The van der Waals surface area contributed by atoms with Gasteiger partial charge in [0.2, 0.25) is 5.91 Å². The van der Waals surface area contributed by atoms with Crippen LogP contribution in [0, 0.1) is 5.92 Å². The Balaban J connectivity index is 1.65. The average Bonchev–Trinajstić information content (AvgIpc) is 3.14. The van der Waals surface area contributed by atoms with Crippen molar-refractivity contribution >= 4 is 11.6 Å². The Morgan fingerprint density at radius 2 is 1.43 bits per heavy atom. The van der Waals surface area contributed by atoms with Gasteiger partial charge in [-0.1, -0.05) is 42.5 Å². The molecule has 3 aromatic rings. The lowest BCUT2D eigenvalue weighted by atomic mass is 9.88. The van der Waals surface area contributed by atoms with Gasteiger partial charge in [0, 0.05) is 12.1 Å². The maximum Gasteiger partial charge on any atom is 0.227 e. The van der Waals surface area contributed by atoms with E-state index in [1.165, 1.54) is 5.56 Å². The van der Waals surface area contributed by atoms with E-state index in [0.717, 1.165) is 35.6 Å². The number of methoxy groups -OCH3 is 2. The van der Waals surface area contributed by atoms with E-state index in [1.807, 2.05) is 47.4 Å². The number of rotatable bonds is 7. The van der Waals surface area contributed by atoms with Crippen molar-refractivity contribution < 1.29 is 14.3 Å². The van der Waals surface area contributed by atoms with Crippen LogP contribution >= 0.6 is 0 Å². The molecule has 4 heteroatoms. The van der Waals surface area contributed by atoms with E-state index in [1.54, 1.807) is 14.2 Å². The monoisotopic (exact) mass is 401 g/mol. The molecule has 1 saturated heterocycles. The molecule has 0 unspecified atom stereocenters. The summed E-state index contributed by atoms with van der Waals surface area (Å²) in [6.07, 6.45) is 2.47. The molecule has 0 N–H and O–H groups in total. The van der Waals surface area contributed by atoms with Crippen molar-refractivity contribution in [3.05, 3.63) is 90.0 Å². The minimum absolute atomic E-state index is 0.000475. The molecule has 0 bridgehead atoms. The summed E-state index contributed by atoms with van der Waals surface area (Å²) in [5.74, 6) is 2.01. The van der Waals surface area contributed by atoms with E-state index >= 15 is 0 Å². The number of hydrogen-bond acceptors (Lipinski definition) is 3. The van der Waals surface area contributed by atoms with Gasteiger partial charge >= 0.3 is 0 Å². The molecule has 3 aromatic carbocycles. The third-order valence-corrected chi connectivity index (χ3v) is 5.88. The third kappa shape index (κ3) is 4.18. The molecule has 2 atom stereocenters. The van der Waals surface area contributed by atoms with Crippen molar-refractivity contribution in [2.75, 3.05) is 19.1 Å². The predicted octanol–water partition coefficient (Wildman–Crippen LogP) is 5.43. The average molecular weight is 402 g/mol. The van der Waals surface area contributed by atoms with E-state index in [9.17, 15) is 4.79 Å². The first-order valence-corrected chi connectivity index (χ1v) is 10.3. The topological polar surface area (TPSA) is 38.8 Å². The normalized spacial score (nSPS) is 18.5. The number of carbonyl (C=O) groups is 1. The molecule has 0 aromatic heterocycles. The molecule has 0 saturated carbocycles. The maximum atomic E-state index is 13.1. The molecule has 1 aliphatic heterocycles. The summed E-state index contributed by atoms with van der Waals surface area (Å²) in [5, 5.41) is 0. The summed E-state index contributed by atoms with van der Waals surface area (Å²) in [7, 11) is 3.32. The zero-order valence-electron chi connectivity index (χ0n) is 17.5. The second kappa shape index (κ2) is 9.04. The smallest absolute Gasteiger partial charge is 0.227 e. The van der Waals surface area contributed by atoms with Crippen molar-refractivity contribution in [3.63, 3.8) is 0 Å². The number of anilines is 1. The first-order chi connectivity index (χ1) is 14.7. The fourth-order valence-corrected chi connectivity index (χ4v) is 4.33. The highest BCUT2D eigenvalue weighted by Crippen LogP contribution is 2.44. The highest BCUT2D eigenvalue weighted by molar-refractivity contribution is 5.97. The number of carbonyl (C=O) groups excluding carboxylic acids is 1. The van der Waals surface area contributed by atoms with E-state index < -0.39 is 0 Å². The first kappa shape index (κ1) is 20.0. The van der Waals surface area contributed by atoms with Crippen LogP contribution < -0.4 is 14.4 Å². The highest BCUT2D eigenvalue weighted by Gasteiger charge is 2.41. The molecule has 1 fully saturated rings. The molecular formula is C26H27NO3. The maximum absolute atomic E-state index is 13.1. The van der Waals surface area contributed by atoms with Gasteiger partial charge in [0.05, 0.1) is 20.3 Å². The van der Waals surface area contributed by atoms with Gasteiger partial charge in [-0.15, -0.1) is 0 Å². The minimum Gasteiger partial charge on any atom is -0.497 e. The molecule has 0 spiro atoms. The molecule has 1 amide bonds. The van der Waals surface area contributed by atoms with Crippen molar-refractivity contribution in [2.45, 2.75) is 25.3 Å². The fourth-order valence-electron chi connectivity index (χ4n) is 4.33. The third-order valence-electron chi connectivity index (χ3n) is 5.88. The highest BCUT2D eigenvalue weighted by atomic mass is 16.5. The van der Waals surface area contributed by atoms with Crippen LogP contribution in [0.4, 0.5) is 5.69 Å². The minimum atomic E-state index is 0.000475. The summed E-state index contributed by atoms with van der Waals surface area (Å²) in [5.41, 5.74) is 3.35. The fraction of sp³-hybridized carbons (Fsp3) is 0.269. The van der Waals surface area contributed by atoms with Crippen molar-refractivity contribution in [2.24, 2.45) is 5.92 Å². The largest absolute Gasteiger partial charge is 0.497 e. The Hall–Kier alpha value is -3.27. The zero-order chi connectivity index (χ0) is 20.9. The number of ether oxygens (including phenoxy) is 2. The molecule has 1 aliphatic rings. The summed E-state index contributed by atoms with van der Waals surface area (Å²) < 4.78 is 10.6. The second-order valence-electron chi connectivity index (χ2n) is 7.67. The predicted molar refractivity (Wildman–Crippen MR) is 119 cm³/mol. The zero-order valence-corrected chi connectivity index (χ0v) is 17.5. The van der Waals surface area contributed by atoms with Gasteiger partial charge in [0.25, 0.3) is 0 Å². The van der Waals surface area contributed by atoms with Crippen LogP contribution in [0.2, 0.25) is 0 Å². The lowest BCUT2D eigenvalue weighted by Crippen LogP contribution is -2.28. The van der Waals surface area contributed by atoms with Crippen LogP contribution in [0.1, 0.15) is 30.0 Å². The molecule has 0 radical (unpaired) electrons.